The van der Waals surface area contributed by atoms with Gasteiger partial charge in [0.15, 0.2) is 0 Å². The van der Waals surface area contributed by atoms with Crippen LogP contribution in [0.2, 0.25) is 0 Å². The van der Waals surface area contributed by atoms with Crippen LogP contribution >= 0.6 is 0 Å². The van der Waals surface area contributed by atoms with Crippen LogP contribution in [0.15, 0.2) is 0 Å². The topological polar surface area (TPSA) is 23.5 Å². The van der Waals surface area contributed by atoms with E-state index in [1.54, 1.807) is 0 Å². The summed E-state index contributed by atoms with van der Waals surface area (Å²) in [6.45, 7) is 3.05. The Bertz CT molecular complexity index is 143. The molecule has 0 spiro atoms. The maximum absolute atomic E-state index is 12.1. The van der Waals surface area contributed by atoms with Crippen LogP contribution in [-0.4, -0.2) is 41.9 Å². The van der Waals surface area contributed by atoms with Crippen molar-refractivity contribution < 1.29 is 9.50 Å². The highest BCUT2D eigenvalue weighted by Gasteiger charge is 2.19. The molecule has 0 saturated carbocycles. The maximum Gasteiger partial charge on any atom is 0.117 e. The molecule has 1 N–H and O–H groups in total. The molecule has 1 saturated heterocycles. The van der Waals surface area contributed by atoms with Gasteiger partial charge in [-0.05, 0) is 26.3 Å². The minimum atomic E-state index is -0.791. The summed E-state index contributed by atoms with van der Waals surface area (Å²) in [6.07, 6.45) is 4.11. The van der Waals surface area contributed by atoms with E-state index in [2.05, 4.69) is 11.8 Å². The third-order valence-corrected chi connectivity index (χ3v) is 2.81. The number of hydrogen-bond donors (Lipinski definition) is 1. The first-order valence-corrected chi connectivity index (χ1v) is 5.22. The van der Waals surface area contributed by atoms with Gasteiger partial charge in [0.2, 0.25) is 0 Å². The SMILES string of the molecule is CC1CCCCCN1CC(O)CF. The molecule has 78 valence electrons. The Morgan fingerprint density at radius 3 is 2.92 bits per heavy atom. The fourth-order valence-electron chi connectivity index (χ4n) is 1.93. The van der Waals surface area contributed by atoms with Crippen molar-refractivity contribution in [3.8, 4) is 0 Å². The summed E-state index contributed by atoms with van der Waals surface area (Å²) < 4.78 is 12.1. The molecule has 2 atom stereocenters. The van der Waals surface area contributed by atoms with E-state index < -0.39 is 12.8 Å². The smallest absolute Gasteiger partial charge is 0.117 e. The molecule has 0 aromatic heterocycles. The van der Waals surface area contributed by atoms with E-state index in [9.17, 15) is 9.50 Å². The van der Waals surface area contributed by atoms with E-state index >= 15 is 0 Å². The van der Waals surface area contributed by atoms with Crippen molar-refractivity contribution in [2.75, 3.05) is 19.8 Å². The van der Waals surface area contributed by atoms with Gasteiger partial charge in [0.25, 0.3) is 0 Å². The summed E-state index contributed by atoms with van der Waals surface area (Å²) in [6, 6.07) is 0.503. The van der Waals surface area contributed by atoms with Gasteiger partial charge in [0, 0.05) is 12.6 Å². The van der Waals surface area contributed by atoms with Crippen LogP contribution < -0.4 is 0 Å². The predicted octanol–water partition coefficient (Wildman–Crippen LogP) is 1.58. The number of alkyl halides is 1. The van der Waals surface area contributed by atoms with Crippen LogP contribution in [0.25, 0.3) is 0 Å². The van der Waals surface area contributed by atoms with Crippen molar-refractivity contribution in [2.24, 2.45) is 0 Å². The Balaban J connectivity index is 2.35. The van der Waals surface area contributed by atoms with Gasteiger partial charge in [-0.3, -0.25) is 4.90 Å². The van der Waals surface area contributed by atoms with E-state index in [4.69, 9.17) is 0 Å². The second-order valence-corrected chi connectivity index (χ2v) is 4.00. The monoisotopic (exact) mass is 189 g/mol. The normalized spacial score (nSPS) is 28.4. The lowest BCUT2D eigenvalue weighted by Gasteiger charge is -2.28. The number of aliphatic hydroxyl groups is 1. The number of nitrogens with zero attached hydrogens (tertiary/aromatic N) is 1. The molecule has 0 radical (unpaired) electrons. The molecule has 0 amide bonds. The van der Waals surface area contributed by atoms with Gasteiger partial charge < -0.3 is 5.11 Å². The minimum Gasteiger partial charge on any atom is -0.389 e. The zero-order chi connectivity index (χ0) is 9.68. The predicted molar refractivity (Wildman–Crippen MR) is 51.5 cm³/mol. The number of rotatable bonds is 3. The zero-order valence-electron chi connectivity index (χ0n) is 8.38. The molecule has 0 bridgehead atoms. The Labute approximate surface area is 79.7 Å². The highest BCUT2D eigenvalue weighted by atomic mass is 19.1. The molecule has 2 unspecified atom stereocenters. The van der Waals surface area contributed by atoms with Gasteiger partial charge in [0.05, 0.1) is 6.10 Å². The van der Waals surface area contributed by atoms with Crippen molar-refractivity contribution in [3.63, 3.8) is 0 Å². The third-order valence-electron chi connectivity index (χ3n) is 2.81. The first kappa shape index (κ1) is 10.9. The van der Waals surface area contributed by atoms with Crippen LogP contribution in [0.1, 0.15) is 32.6 Å². The van der Waals surface area contributed by atoms with Crippen molar-refractivity contribution in [3.05, 3.63) is 0 Å². The molecule has 1 heterocycles. The van der Waals surface area contributed by atoms with Gasteiger partial charge in [-0.1, -0.05) is 12.8 Å². The minimum absolute atomic E-state index is 0.498. The van der Waals surface area contributed by atoms with Gasteiger partial charge in [-0.2, -0.15) is 0 Å². The lowest BCUT2D eigenvalue weighted by molar-refractivity contribution is 0.0741. The third kappa shape index (κ3) is 3.61. The first-order chi connectivity index (χ1) is 6.24. The largest absolute Gasteiger partial charge is 0.389 e. The van der Waals surface area contributed by atoms with Crippen LogP contribution in [-0.2, 0) is 0 Å². The molecule has 0 aromatic carbocycles. The average molecular weight is 189 g/mol. The van der Waals surface area contributed by atoms with Crippen LogP contribution in [0.3, 0.4) is 0 Å². The highest BCUT2D eigenvalue weighted by molar-refractivity contribution is 4.73. The lowest BCUT2D eigenvalue weighted by Crippen LogP contribution is -2.39. The number of aliphatic hydroxyl groups excluding tert-OH is 1. The van der Waals surface area contributed by atoms with Crippen molar-refractivity contribution in [1.82, 2.24) is 4.90 Å². The van der Waals surface area contributed by atoms with Gasteiger partial charge in [0.1, 0.15) is 6.67 Å². The summed E-state index contributed by atoms with van der Waals surface area (Å²) in [4.78, 5) is 2.21. The summed E-state index contributed by atoms with van der Waals surface area (Å²) in [5.74, 6) is 0. The molecule has 1 aliphatic heterocycles. The quantitative estimate of drug-likeness (QED) is 0.728. The molecule has 2 nitrogen and oxygen atoms in total. The second kappa shape index (κ2) is 5.55. The number of halogens is 1. The number of hydrogen-bond acceptors (Lipinski definition) is 2. The average Bonchev–Trinajstić information content (AvgIpc) is 2.32. The molecule has 1 aliphatic rings. The van der Waals surface area contributed by atoms with Gasteiger partial charge in [-0.15, -0.1) is 0 Å². The van der Waals surface area contributed by atoms with E-state index in [1.165, 1.54) is 25.7 Å². The molecule has 3 heteroatoms. The summed E-state index contributed by atoms with van der Waals surface area (Å²) >= 11 is 0. The molecule has 13 heavy (non-hydrogen) atoms. The maximum atomic E-state index is 12.1. The lowest BCUT2D eigenvalue weighted by atomic mass is 10.1. The summed E-state index contributed by atoms with van der Waals surface area (Å²) in [5.41, 5.74) is 0. The van der Waals surface area contributed by atoms with E-state index in [0.717, 1.165) is 6.54 Å². The molecule has 1 fully saturated rings. The van der Waals surface area contributed by atoms with Crippen LogP contribution in [0, 0.1) is 0 Å². The highest BCUT2D eigenvalue weighted by Crippen LogP contribution is 2.16. The Hall–Kier alpha value is -0.150. The summed E-state index contributed by atoms with van der Waals surface area (Å²) in [7, 11) is 0. The molecule has 0 aromatic rings. The Morgan fingerprint density at radius 2 is 2.23 bits per heavy atom. The van der Waals surface area contributed by atoms with Gasteiger partial charge in [-0.25, -0.2) is 4.39 Å². The molecular weight excluding hydrogens is 169 g/mol. The fourth-order valence-corrected chi connectivity index (χ4v) is 1.93. The number of β-amino-alcohol motifs (C(OH)–C–C–N with tert-alkyl or cyclic N) is 1. The van der Waals surface area contributed by atoms with E-state index in [0.29, 0.717) is 12.6 Å². The second-order valence-electron chi connectivity index (χ2n) is 4.00. The Morgan fingerprint density at radius 1 is 1.46 bits per heavy atom. The zero-order valence-corrected chi connectivity index (χ0v) is 8.38. The van der Waals surface area contributed by atoms with Crippen molar-refractivity contribution in [2.45, 2.75) is 44.8 Å². The van der Waals surface area contributed by atoms with Crippen molar-refractivity contribution >= 4 is 0 Å². The van der Waals surface area contributed by atoms with Crippen LogP contribution in [0.5, 0.6) is 0 Å². The van der Waals surface area contributed by atoms with Crippen molar-refractivity contribution in [1.29, 1.82) is 0 Å². The molecule has 1 rings (SSSR count). The number of likely N-dealkylation sites (tertiary alicyclic amines) is 1. The Kier molecular flexibility index (Phi) is 4.67. The first-order valence-electron chi connectivity index (χ1n) is 5.22. The molecular formula is C10H20FNO. The fraction of sp³-hybridized carbons (Fsp3) is 1.00. The van der Waals surface area contributed by atoms with Crippen LogP contribution in [0.4, 0.5) is 4.39 Å². The van der Waals surface area contributed by atoms with E-state index in [-0.39, 0.29) is 0 Å². The molecule has 0 aliphatic carbocycles. The summed E-state index contributed by atoms with van der Waals surface area (Å²) in [5, 5.41) is 9.20. The van der Waals surface area contributed by atoms with Gasteiger partial charge >= 0.3 is 0 Å². The van der Waals surface area contributed by atoms with E-state index in [1.807, 2.05) is 0 Å². The standard InChI is InChI=1S/C10H20FNO/c1-9-5-3-2-4-6-12(9)8-10(13)7-11/h9-10,13H,2-8H2,1H3.